The van der Waals surface area contributed by atoms with Gasteiger partial charge < -0.3 is 19.3 Å². The fraction of sp³-hybridized carbons (Fsp3) is 0.652. The summed E-state index contributed by atoms with van der Waals surface area (Å²) in [5.74, 6) is 0.890. The van der Waals surface area contributed by atoms with E-state index in [1.165, 1.54) is 12.1 Å². The molecule has 1 atom stereocenters. The third kappa shape index (κ3) is 5.50. The first-order valence-corrected chi connectivity index (χ1v) is 11.1. The number of carbonyl (C=O) groups excluding carboxylic acids is 2. The lowest BCUT2D eigenvalue weighted by atomic mass is 9.95. The van der Waals surface area contributed by atoms with Crippen LogP contribution in [0.5, 0.6) is 5.75 Å². The van der Waals surface area contributed by atoms with E-state index in [0.717, 1.165) is 45.2 Å². The first kappa shape index (κ1) is 21.1. The number of carbonyl (C=O) groups is 2. The Balaban J connectivity index is 1.46. The van der Waals surface area contributed by atoms with Crippen molar-refractivity contribution < 1.29 is 23.5 Å². The second-order valence-electron chi connectivity index (χ2n) is 8.86. The van der Waals surface area contributed by atoms with Crippen molar-refractivity contribution >= 4 is 11.8 Å². The second-order valence-corrected chi connectivity index (χ2v) is 8.86. The minimum Gasteiger partial charge on any atom is -0.490 e. The summed E-state index contributed by atoms with van der Waals surface area (Å²) in [6, 6.07) is 5.81. The van der Waals surface area contributed by atoms with Crippen molar-refractivity contribution in [1.82, 2.24) is 9.80 Å². The molecule has 3 fully saturated rings. The Hall–Kier alpha value is -2.15. The smallest absolute Gasteiger partial charge is 0.225 e. The number of piperidine rings is 1. The lowest BCUT2D eigenvalue weighted by Crippen LogP contribution is -2.58. The molecule has 0 spiro atoms. The molecule has 3 aliphatic rings. The van der Waals surface area contributed by atoms with E-state index in [1.807, 2.05) is 9.80 Å². The van der Waals surface area contributed by atoms with Gasteiger partial charge in [0.15, 0.2) is 0 Å². The average Bonchev–Trinajstić information content (AvgIpc) is 3.58. The van der Waals surface area contributed by atoms with Gasteiger partial charge in [-0.2, -0.15) is 0 Å². The summed E-state index contributed by atoms with van der Waals surface area (Å²) < 4.78 is 25.3. The Morgan fingerprint density at radius 2 is 1.77 bits per heavy atom. The maximum absolute atomic E-state index is 13.2. The van der Waals surface area contributed by atoms with Gasteiger partial charge in [0.2, 0.25) is 11.8 Å². The standard InChI is InChI=1S/C23H31FN2O4/c24-19-6-8-20(9-7-19)29-17-23(15-22(28)25-10-2-1-3-11-25)16-26(12-13-30-23)21(27)14-18-4-5-18/h6-9,18H,1-5,10-17H2. The Labute approximate surface area is 177 Å². The van der Waals surface area contributed by atoms with Gasteiger partial charge in [0.25, 0.3) is 0 Å². The molecule has 0 bridgehead atoms. The van der Waals surface area contributed by atoms with Crippen LogP contribution in [0.4, 0.5) is 4.39 Å². The van der Waals surface area contributed by atoms with Gasteiger partial charge in [0, 0.05) is 26.1 Å². The van der Waals surface area contributed by atoms with E-state index in [1.54, 1.807) is 12.1 Å². The number of hydrogen-bond donors (Lipinski definition) is 0. The zero-order chi connectivity index (χ0) is 21.0. The van der Waals surface area contributed by atoms with Gasteiger partial charge >= 0.3 is 0 Å². The highest BCUT2D eigenvalue weighted by Crippen LogP contribution is 2.34. The highest BCUT2D eigenvalue weighted by Gasteiger charge is 2.43. The van der Waals surface area contributed by atoms with E-state index >= 15 is 0 Å². The second kappa shape index (κ2) is 9.33. The summed E-state index contributed by atoms with van der Waals surface area (Å²) in [6.45, 7) is 2.97. The van der Waals surface area contributed by atoms with Crippen LogP contribution in [0, 0.1) is 11.7 Å². The number of halogens is 1. The fourth-order valence-corrected chi connectivity index (χ4v) is 4.28. The molecule has 1 aromatic carbocycles. The number of ether oxygens (including phenoxy) is 2. The molecule has 6 nitrogen and oxygen atoms in total. The molecule has 1 aromatic rings. The first-order chi connectivity index (χ1) is 14.5. The number of benzene rings is 1. The van der Waals surface area contributed by atoms with Crippen molar-refractivity contribution in [2.24, 2.45) is 5.92 Å². The van der Waals surface area contributed by atoms with E-state index in [2.05, 4.69) is 0 Å². The summed E-state index contributed by atoms with van der Waals surface area (Å²) in [4.78, 5) is 29.5. The molecular weight excluding hydrogens is 387 g/mol. The molecule has 1 aliphatic carbocycles. The first-order valence-electron chi connectivity index (χ1n) is 11.1. The molecule has 7 heteroatoms. The van der Waals surface area contributed by atoms with Crippen molar-refractivity contribution in [3.05, 3.63) is 30.1 Å². The lowest BCUT2D eigenvalue weighted by molar-refractivity contribution is -0.166. The van der Waals surface area contributed by atoms with E-state index in [9.17, 15) is 14.0 Å². The fourth-order valence-electron chi connectivity index (χ4n) is 4.28. The molecule has 4 rings (SSSR count). The predicted octanol–water partition coefficient (Wildman–Crippen LogP) is 3.00. The van der Waals surface area contributed by atoms with Crippen LogP contribution in [0.2, 0.25) is 0 Å². The Morgan fingerprint density at radius 3 is 2.47 bits per heavy atom. The number of nitrogens with zero attached hydrogens (tertiary/aromatic N) is 2. The van der Waals surface area contributed by atoms with Crippen molar-refractivity contribution in [2.45, 2.75) is 50.5 Å². The summed E-state index contributed by atoms with van der Waals surface area (Å²) >= 11 is 0. The normalized spacial score (nSPS) is 24.6. The van der Waals surface area contributed by atoms with Crippen molar-refractivity contribution in [2.75, 3.05) is 39.4 Å². The molecule has 0 N–H and O–H groups in total. The quantitative estimate of drug-likeness (QED) is 0.683. The molecule has 164 valence electrons. The van der Waals surface area contributed by atoms with Gasteiger partial charge in [-0.3, -0.25) is 9.59 Å². The Kier molecular flexibility index (Phi) is 6.56. The summed E-state index contributed by atoms with van der Waals surface area (Å²) in [5, 5.41) is 0. The zero-order valence-electron chi connectivity index (χ0n) is 17.5. The van der Waals surface area contributed by atoms with E-state index in [4.69, 9.17) is 9.47 Å². The lowest BCUT2D eigenvalue weighted by Gasteiger charge is -2.43. The molecule has 30 heavy (non-hydrogen) atoms. The SMILES string of the molecule is O=C(CC1(COc2ccc(F)cc2)CN(C(=O)CC2CC2)CCO1)N1CCCCC1. The molecule has 2 heterocycles. The van der Waals surface area contributed by atoms with Gasteiger partial charge in [0.1, 0.15) is 23.8 Å². The number of amides is 2. The Morgan fingerprint density at radius 1 is 1.03 bits per heavy atom. The summed E-state index contributed by atoms with van der Waals surface area (Å²) in [6.07, 6.45) is 6.22. The summed E-state index contributed by atoms with van der Waals surface area (Å²) in [7, 11) is 0. The molecule has 2 aliphatic heterocycles. The van der Waals surface area contributed by atoms with Gasteiger partial charge in [-0.25, -0.2) is 4.39 Å². The largest absolute Gasteiger partial charge is 0.490 e. The van der Waals surface area contributed by atoms with E-state index < -0.39 is 5.60 Å². The minimum atomic E-state index is -0.889. The monoisotopic (exact) mass is 418 g/mol. The van der Waals surface area contributed by atoms with Gasteiger partial charge in [-0.1, -0.05) is 0 Å². The van der Waals surface area contributed by atoms with Crippen LogP contribution in [-0.2, 0) is 14.3 Å². The van der Waals surface area contributed by atoms with Crippen molar-refractivity contribution in [1.29, 1.82) is 0 Å². The number of rotatable bonds is 7. The Bertz CT molecular complexity index is 746. The van der Waals surface area contributed by atoms with E-state index in [0.29, 0.717) is 37.8 Å². The minimum absolute atomic E-state index is 0.0499. The molecule has 1 saturated carbocycles. The molecule has 1 unspecified atom stereocenters. The van der Waals surface area contributed by atoms with Crippen LogP contribution in [0.25, 0.3) is 0 Å². The van der Waals surface area contributed by atoms with Gasteiger partial charge in [-0.05, 0) is 62.3 Å². The molecule has 0 aromatic heterocycles. The van der Waals surface area contributed by atoms with Crippen LogP contribution in [0.15, 0.2) is 24.3 Å². The highest BCUT2D eigenvalue weighted by atomic mass is 19.1. The van der Waals surface area contributed by atoms with Crippen LogP contribution < -0.4 is 4.74 Å². The van der Waals surface area contributed by atoms with Crippen LogP contribution >= 0.6 is 0 Å². The van der Waals surface area contributed by atoms with Crippen molar-refractivity contribution in [3.63, 3.8) is 0 Å². The maximum atomic E-state index is 13.2. The summed E-state index contributed by atoms with van der Waals surface area (Å²) in [5.41, 5.74) is -0.889. The molecule has 0 radical (unpaired) electrons. The molecule has 2 saturated heterocycles. The number of likely N-dealkylation sites (tertiary alicyclic amines) is 1. The van der Waals surface area contributed by atoms with Gasteiger partial charge in [0.05, 0.1) is 19.6 Å². The zero-order valence-corrected chi connectivity index (χ0v) is 17.5. The van der Waals surface area contributed by atoms with Crippen LogP contribution in [0.1, 0.15) is 44.9 Å². The third-order valence-electron chi connectivity index (χ3n) is 6.26. The number of morpholine rings is 1. The van der Waals surface area contributed by atoms with Crippen LogP contribution in [-0.4, -0.2) is 66.6 Å². The number of hydrogen-bond acceptors (Lipinski definition) is 4. The topological polar surface area (TPSA) is 59.1 Å². The molecule has 2 amide bonds. The van der Waals surface area contributed by atoms with E-state index in [-0.39, 0.29) is 30.7 Å². The maximum Gasteiger partial charge on any atom is 0.225 e. The highest BCUT2D eigenvalue weighted by molar-refractivity contribution is 5.79. The van der Waals surface area contributed by atoms with Crippen LogP contribution in [0.3, 0.4) is 0 Å². The molecular formula is C23H31FN2O4. The predicted molar refractivity (Wildman–Crippen MR) is 110 cm³/mol. The third-order valence-corrected chi connectivity index (χ3v) is 6.26. The average molecular weight is 419 g/mol. The van der Waals surface area contributed by atoms with Gasteiger partial charge in [-0.15, -0.1) is 0 Å². The van der Waals surface area contributed by atoms with Crippen molar-refractivity contribution in [3.8, 4) is 5.75 Å².